The maximum absolute atomic E-state index is 11.7. The Bertz CT molecular complexity index is 791. The fourth-order valence-electron chi connectivity index (χ4n) is 2.37. The molecule has 1 amide bonds. The number of fused-ring (bicyclic) bond motifs is 1. The lowest BCUT2D eigenvalue weighted by atomic mass is 10.2. The van der Waals surface area contributed by atoms with Crippen LogP contribution in [0.15, 0.2) is 35.7 Å². The van der Waals surface area contributed by atoms with Gasteiger partial charge in [0, 0.05) is 22.8 Å². The fraction of sp³-hybridized carbons (Fsp3) is 0.200. The molecule has 0 bridgehead atoms. The molecule has 0 radical (unpaired) electrons. The second-order valence-corrected chi connectivity index (χ2v) is 5.36. The van der Waals surface area contributed by atoms with E-state index in [2.05, 4.69) is 45.0 Å². The Morgan fingerprint density at radius 1 is 1.43 bits per heavy atom. The van der Waals surface area contributed by atoms with E-state index in [1.807, 2.05) is 12.1 Å². The highest BCUT2D eigenvalue weighted by atomic mass is 32.1. The molecule has 2 aromatic heterocycles. The van der Waals surface area contributed by atoms with E-state index < -0.39 is 0 Å². The summed E-state index contributed by atoms with van der Waals surface area (Å²) in [5.74, 6) is -0.334. The molecule has 6 heteroatoms. The van der Waals surface area contributed by atoms with Crippen LogP contribution < -0.4 is 5.48 Å². The molecule has 1 aromatic carbocycles. The van der Waals surface area contributed by atoms with Crippen molar-refractivity contribution in [1.29, 1.82) is 0 Å². The zero-order chi connectivity index (χ0) is 14.8. The summed E-state index contributed by atoms with van der Waals surface area (Å²) in [4.78, 5) is 20.8. The molecule has 0 fully saturated rings. The Morgan fingerprint density at radius 2 is 2.24 bits per heavy atom. The number of para-hydroxylation sites is 1. The second-order valence-electron chi connectivity index (χ2n) is 4.51. The van der Waals surface area contributed by atoms with Crippen molar-refractivity contribution < 1.29 is 9.63 Å². The Balaban J connectivity index is 2.06. The van der Waals surface area contributed by atoms with Crippen LogP contribution in [0.25, 0.3) is 21.6 Å². The minimum absolute atomic E-state index is 0.334. The first kappa shape index (κ1) is 13.8. The summed E-state index contributed by atoms with van der Waals surface area (Å²) in [6.07, 6.45) is 0. The quantitative estimate of drug-likeness (QED) is 0.753. The van der Waals surface area contributed by atoms with Gasteiger partial charge in [-0.25, -0.2) is 10.5 Å². The summed E-state index contributed by atoms with van der Waals surface area (Å²) in [7, 11) is 1.40. The van der Waals surface area contributed by atoms with Gasteiger partial charge in [0.2, 0.25) is 0 Å². The van der Waals surface area contributed by atoms with Gasteiger partial charge in [-0.2, -0.15) is 0 Å². The standard InChI is InChI=1S/C15H15N3O2S/c1-3-18-12-7-5-4-6-10(12)8-13(18)15-16-11(9-21-15)14(19)17-20-2/h4-9H,3H2,1-2H3,(H,17,19). The van der Waals surface area contributed by atoms with Crippen LogP contribution in [0.2, 0.25) is 0 Å². The molecule has 1 N–H and O–H groups in total. The van der Waals surface area contributed by atoms with E-state index in [1.165, 1.54) is 29.3 Å². The fourth-order valence-corrected chi connectivity index (χ4v) is 3.19. The van der Waals surface area contributed by atoms with Crippen molar-refractivity contribution in [2.24, 2.45) is 0 Å². The predicted molar refractivity (Wildman–Crippen MR) is 83.2 cm³/mol. The number of hydroxylamine groups is 1. The highest BCUT2D eigenvalue weighted by Gasteiger charge is 2.15. The molecule has 0 unspecified atom stereocenters. The number of rotatable bonds is 4. The van der Waals surface area contributed by atoms with Crippen LogP contribution in [-0.2, 0) is 11.4 Å². The maximum atomic E-state index is 11.7. The smallest absolute Gasteiger partial charge is 0.294 e. The molecule has 0 aliphatic carbocycles. The number of aryl methyl sites for hydroxylation is 1. The molecule has 5 nitrogen and oxygen atoms in total. The van der Waals surface area contributed by atoms with Crippen molar-refractivity contribution in [3.63, 3.8) is 0 Å². The first-order valence-electron chi connectivity index (χ1n) is 6.62. The molecule has 0 atom stereocenters. The van der Waals surface area contributed by atoms with Crippen molar-refractivity contribution in [1.82, 2.24) is 15.0 Å². The monoisotopic (exact) mass is 301 g/mol. The van der Waals surface area contributed by atoms with Gasteiger partial charge in [-0.3, -0.25) is 9.63 Å². The molecule has 0 saturated heterocycles. The lowest BCUT2D eigenvalue weighted by Gasteiger charge is -2.05. The molecular formula is C15H15N3O2S. The molecule has 0 aliphatic heterocycles. The van der Waals surface area contributed by atoms with Crippen molar-refractivity contribution in [2.45, 2.75) is 13.5 Å². The van der Waals surface area contributed by atoms with E-state index in [0.29, 0.717) is 5.69 Å². The third kappa shape index (κ3) is 2.43. The van der Waals surface area contributed by atoms with E-state index in [1.54, 1.807) is 5.38 Å². The number of hydrogen-bond donors (Lipinski definition) is 1. The van der Waals surface area contributed by atoms with Crippen LogP contribution in [0.1, 0.15) is 17.4 Å². The summed E-state index contributed by atoms with van der Waals surface area (Å²) in [5.41, 5.74) is 4.85. The van der Waals surface area contributed by atoms with Crippen LogP contribution in [0.5, 0.6) is 0 Å². The van der Waals surface area contributed by atoms with E-state index in [0.717, 1.165) is 17.2 Å². The molecule has 0 aliphatic rings. The number of benzene rings is 1. The van der Waals surface area contributed by atoms with Gasteiger partial charge in [-0.1, -0.05) is 18.2 Å². The minimum Gasteiger partial charge on any atom is -0.339 e. The van der Waals surface area contributed by atoms with E-state index >= 15 is 0 Å². The van der Waals surface area contributed by atoms with Gasteiger partial charge in [0.25, 0.3) is 5.91 Å². The van der Waals surface area contributed by atoms with E-state index in [4.69, 9.17) is 0 Å². The minimum atomic E-state index is -0.334. The summed E-state index contributed by atoms with van der Waals surface area (Å²) < 4.78 is 2.20. The first-order chi connectivity index (χ1) is 10.2. The van der Waals surface area contributed by atoms with Crippen LogP contribution in [-0.4, -0.2) is 22.6 Å². The number of amides is 1. The summed E-state index contributed by atoms with van der Waals surface area (Å²) in [6, 6.07) is 10.3. The molecule has 108 valence electrons. The highest BCUT2D eigenvalue weighted by Crippen LogP contribution is 2.30. The number of carbonyl (C=O) groups excluding carboxylic acids is 1. The van der Waals surface area contributed by atoms with Gasteiger partial charge < -0.3 is 4.57 Å². The third-order valence-electron chi connectivity index (χ3n) is 3.28. The van der Waals surface area contributed by atoms with Crippen molar-refractivity contribution in [3.8, 4) is 10.7 Å². The number of hydrogen-bond acceptors (Lipinski definition) is 4. The number of nitrogens with zero attached hydrogens (tertiary/aromatic N) is 2. The summed E-state index contributed by atoms with van der Waals surface area (Å²) in [5, 5.41) is 3.74. The summed E-state index contributed by atoms with van der Waals surface area (Å²) in [6.45, 7) is 2.95. The van der Waals surface area contributed by atoms with Crippen molar-refractivity contribution in [2.75, 3.05) is 7.11 Å². The molecule has 3 rings (SSSR count). The maximum Gasteiger partial charge on any atom is 0.294 e. The zero-order valence-corrected chi connectivity index (χ0v) is 12.6. The van der Waals surface area contributed by atoms with Gasteiger partial charge in [-0.05, 0) is 19.1 Å². The lowest BCUT2D eigenvalue weighted by molar-refractivity contribution is 0.0533. The Hall–Kier alpha value is -2.18. The van der Waals surface area contributed by atoms with Crippen molar-refractivity contribution >= 4 is 28.1 Å². The molecule has 3 aromatic rings. The van der Waals surface area contributed by atoms with Crippen LogP contribution in [0.3, 0.4) is 0 Å². The van der Waals surface area contributed by atoms with Crippen molar-refractivity contribution in [3.05, 3.63) is 41.4 Å². The van der Waals surface area contributed by atoms with Gasteiger partial charge >= 0.3 is 0 Å². The van der Waals surface area contributed by atoms with Crippen LogP contribution >= 0.6 is 11.3 Å². The second kappa shape index (κ2) is 5.67. The van der Waals surface area contributed by atoms with Gasteiger partial charge in [-0.15, -0.1) is 11.3 Å². The Labute approximate surface area is 126 Å². The SMILES string of the molecule is CCn1c(-c2nc(C(=O)NOC)cs2)cc2ccccc21. The summed E-state index contributed by atoms with van der Waals surface area (Å²) >= 11 is 1.45. The van der Waals surface area contributed by atoms with Crippen LogP contribution in [0, 0.1) is 0 Å². The lowest BCUT2D eigenvalue weighted by Crippen LogP contribution is -2.22. The van der Waals surface area contributed by atoms with E-state index in [9.17, 15) is 4.79 Å². The number of thiazole rings is 1. The molecular weight excluding hydrogens is 286 g/mol. The van der Waals surface area contributed by atoms with Gasteiger partial charge in [0.15, 0.2) is 0 Å². The molecule has 2 heterocycles. The Kier molecular flexibility index (Phi) is 3.72. The number of nitrogens with one attached hydrogen (secondary N) is 1. The zero-order valence-electron chi connectivity index (χ0n) is 11.8. The Morgan fingerprint density at radius 3 is 3.00 bits per heavy atom. The first-order valence-corrected chi connectivity index (χ1v) is 7.50. The average molecular weight is 301 g/mol. The van der Waals surface area contributed by atoms with Crippen LogP contribution in [0.4, 0.5) is 0 Å². The third-order valence-corrected chi connectivity index (χ3v) is 4.14. The molecule has 0 saturated carbocycles. The molecule has 0 spiro atoms. The topological polar surface area (TPSA) is 56.2 Å². The largest absolute Gasteiger partial charge is 0.339 e. The molecule has 21 heavy (non-hydrogen) atoms. The average Bonchev–Trinajstić information content (AvgIpc) is 3.11. The van der Waals surface area contributed by atoms with Gasteiger partial charge in [0.05, 0.1) is 12.8 Å². The number of aromatic nitrogens is 2. The highest BCUT2D eigenvalue weighted by molar-refractivity contribution is 7.13. The predicted octanol–water partition coefficient (Wildman–Crippen LogP) is 3.08. The van der Waals surface area contributed by atoms with Gasteiger partial charge in [0.1, 0.15) is 10.7 Å². The normalized spacial score (nSPS) is 11.0. The van der Waals surface area contributed by atoms with E-state index in [-0.39, 0.29) is 5.91 Å². The number of carbonyl (C=O) groups is 1.